The van der Waals surface area contributed by atoms with Crippen molar-refractivity contribution in [3.8, 4) is 0 Å². The molecular formula is C26H32N4O6. The van der Waals surface area contributed by atoms with E-state index in [0.717, 1.165) is 16.9 Å². The Morgan fingerprint density at radius 3 is 1.75 bits per heavy atom. The molecule has 2 aromatic carbocycles. The van der Waals surface area contributed by atoms with E-state index in [1.165, 1.54) is 13.8 Å². The van der Waals surface area contributed by atoms with Gasteiger partial charge in [0.25, 0.3) is 0 Å². The van der Waals surface area contributed by atoms with Crippen LogP contribution in [-0.2, 0) is 19.1 Å². The molecular weight excluding hydrogens is 464 g/mol. The molecule has 3 aromatic rings. The second-order valence-corrected chi connectivity index (χ2v) is 7.43. The number of benzene rings is 2. The van der Waals surface area contributed by atoms with E-state index in [4.69, 9.17) is 20.9 Å². The normalized spacial score (nSPS) is 9.72. The van der Waals surface area contributed by atoms with Crippen LogP contribution in [0.4, 0.5) is 11.4 Å². The molecule has 0 aliphatic carbocycles. The van der Waals surface area contributed by atoms with E-state index in [9.17, 15) is 19.2 Å². The van der Waals surface area contributed by atoms with E-state index < -0.39 is 5.97 Å². The Morgan fingerprint density at radius 2 is 1.22 bits per heavy atom. The molecule has 0 saturated carbocycles. The van der Waals surface area contributed by atoms with E-state index in [-0.39, 0.29) is 23.2 Å². The van der Waals surface area contributed by atoms with Gasteiger partial charge in [0.1, 0.15) is 5.52 Å². The number of aryl methyl sites for hydroxylation is 2. The zero-order valence-corrected chi connectivity index (χ0v) is 21.4. The number of fused-ring (bicyclic) bond motifs is 1. The maximum atomic E-state index is 11.8. The summed E-state index contributed by atoms with van der Waals surface area (Å²) < 4.78 is 9.79. The molecule has 0 aliphatic rings. The smallest absolute Gasteiger partial charge is 0.340 e. The van der Waals surface area contributed by atoms with Crippen molar-refractivity contribution in [1.82, 2.24) is 9.97 Å². The second-order valence-electron chi connectivity index (χ2n) is 7.43. The van der Waals surface area contributed by atoms with Crippen LogP contribution in [0.3, 0.4) is 0 Å². The fraction of sp³-hybridized carbons (Fsp3) is 0.308. The van der Waals surface area contributed by atoms with Gasteiger partial charge in [-0.3, -0.25) is 9.59 Å². The summed E-state index contributed by atoms with van der Waals surface area (Å²) >= 11 is 0. The van der Waals surface area contributed by atoms with Crippen molar-refractivity contribution in [2.75, 3.05) is 24.7 Å². The van der Waals surface area contributed by atoms with Crippen molar-refractivity contribution in [2.45, 2.75) is 41.5 Å². The highest BCUT2D eigenvalue weighted by Crippen LogP contribution is 2.20. The molecule has 10 heteroatoms. The number of hydrogen-bond donors (Lipinski definition) is 2. The molecule has 0 bridgehead atoms. The van der Waals surface area contributed by atoms with Crippen LogP contribution < -0.4 is 11.5 Å². The summed E-state index contributed by atoms with van der Waals surface area (Å²) in [6.45, 7) is 10.5. The minimum atomic E-state index is -0.438. The lowest BCUT2D eigenvalue weighted by atomic mass is 10.1. The number of ketones is 2. The third kappa shape index (κ3) is 8.46. The predicted molar refractivity (Wildman–Crippen MR) is 138 cm³/mol. The number of para-hydroxylation sites is 2. The van der Waals surface area contributed by atoms with Crippen LogP contribution in [-0.4, -0.2) is 46.7 Å². The van der Waals surface area contributed by atoms with Gasteiger partial charge in [0.2, 0.25) is 0 Å². The SMILES string of the molecule is CC(=O)C(C)=O.CCOC(=O)c1cccc(N)c1N.CCOC(=O)c1cccc2nc(C)c(C)nc12. The summed E-state index contributed by atoms with van der Waals surface area (Å²) in [4.78, 5) is 51.4. The molecule has 0 atom stereocenters. The quantitative estimate of drug-likeness (QED) is 0.303. The molecule has 0 radical (unpaired) electrons. The second kappa shape index (κ2) is 14.1. The number of Topliss-reactive ketones (excluding diaryl/α,β-unsaturated/α-hetero) is 2. The third-order valence-electron chi connectivity index (χ3n) is 4.73. The van der Waals surface area contributed by atoms with E-state index in [1.54, 1.807) is 44.2 Å². The molecule has 0 fully saturated rings. The minimum absolute atomic E-state index is 0.279. The number of rotatable bonds is 5. The first-order valence-corrected chi connectivity index (χ1v) is 11.2. The summed E-state index contributed by atoms with van der Waals surface area (Å²) in [7, 11) is 0. The van der Waals surface area contributed by atoms with Crippen molar-refractivity contribution in [3.05, 3.63) is 58.9 Å². The Hall–Kier alpha value is -4.34. The van der Waals surface area contributed by atoms with E-state index in [1.807, 2.05) is 19.9 Å². The molecule has 10 nitrogen and oxygen atoms in total. The number of nitrogens with two attached hydrogens (primary N) is 2. The predicted octanol–water partition coefficient (Wildman–Crippen LogP) is 3.62. The average molecular weight is 497 g/mol. The van der Waals surface area contributed by atoms with Crippen LogP contribution >= 0.6 is 0 Å². The first-order valence-electron chi connectivity index (χ1n) is 11.2. The van der Waals surface area contributed by atoms with Gasteiger partial charge in [-0.1, -0.05) is 12.1 Å². The Bertz CT molecular complexity index is 1240. The number of carbonyl (C=O) groups is 4. The fourth-order valence-corrected chi connectivity index (χ4v) is 2.59. The highest BCUT2D eigenvalue weighted by molar-refractivity contribution is 6.35. The zero-order valence-electron chi connectivity index (χ0n) is 21.4. The topological polar surface area (TPSA) is 165 Å². The number of carbonyl (C=O) groups excluding carboxylic acids is 4. The molecule has 4 N–H and O–H groups in total. The summed E-state index contributed by atoms with van der Waals surface area (Å²) in [5.74, 6) is -1.55. The van der Waals surface area contributed by atoms with E-state index in [0.29, 0.717) is 35.5 Å². The van der Waals surface area contributed by atoms with Crippen LogP contribution in [0.2, 0.25) is 0 Å². The number of esters is 2. The number of ether oxygens (including phenoxy) is 2. The lowest BCUT2D eigenvalue weighted by molar-refractivity contribution is -0.134. The number of aromatic nitrogens is 2. The van der Waals surface area contributed by atoms with Crippen molar-refractivity contribution in [1.29, 1.82) is 0 Å². The molecule has 0 spiro atoms. The van der Waals surface area contributed by atoms with Crippen molar-refractivity contribution in [3.63, 3.8) is 0 Å². The van der Waals surface area contributed by atoms with Crippen molar-refractivity contribution >= 4 is 45.9 Å². The molecule has 0 amide bonds. The van der Waals surface area contributed by atoms with Crippen LogP contribution in [0.1, 0.15) is 59.8 Å². The highest BCUT2D eigenvalue weighted by Gasteiger charge is 2.14. The van der Waals surface area contributed by atoms with E-state index in [2.05, 4.69) is 9.97 Å². The molecule has 0 saturated heterocycles. The van der Waals surface area contributed by atoms with Gasteiger partial charge in [0, 0.05) is 13.8 Å². The van der Waals surface area contributed by atoms with Crippen LogP contribution in [0.5, 0.6) is 0 Å². The van der Waals surface area contributed by atoms with Gasteiger partial charge in [-0.25, -0.2) is 19.6 Å². The Balaban J connectivity index is 0.000000302. The first-order chi connectivity index (χ1) is 16.9. The van der Waals surface area contributed by atoms with E-state index >= 15 is 0 Å². The molecule has 3 rings (SSSR count). The van der Waals surface area contributed by atoms with Gasteiger partial charge in [-0.15, -0.1) is 0 Å². The largest absolute Gasteiger partial charge is 0.462 e. The first kappa shape index (κ1) is 29.7. The van der Waals surface area contributed by atoms with Crippen LogP contribution in [0.15, 0.2) is 36.4 Å². The number of nitrogens with zero attached hydrogens (tertiary/aromatic N) is 2. The minimum Gasteiger partial charge on any atom is -0.462 e. The number of hydrogen-bond acceptors (Lipinski definition) is 10. The molecule has 36 heavy (non-hydrogen) atoms. The van der Waals surface area contributed by atoms with Gasteiger partial charge < -0.3 is 20.9 Å². The number of anilines is 2. The highest BCUT2D eigenvalue weighted by atomic mass is 16.5. The Morgan fingerprint density at radius 1 is 0.750 bits per heavy atom. The van der Waals surface area contributed by atoms with Crippen LogP contribution in [0.25, 0.3) is 11.0 Å². The molecule has 0 aliphatic heterocycles. The lowest BCUT2D eigenvalue weighted by Crippen LogP contribution is -2.09. The monoisotopic (exact) mass is 496 g/mol. The molecule has 1 heterocycles. The maximum absolute atomic E-state index is 11.8. The molecule has 1 aromatic heterocycles. The Kier molecular flexibility index (Phi) is 11.7. The summed E-state index contributed by atoms with van der Waals surface area (Å²) in [5.41, 5.74) is 15.6. The summed E-state index contributed by atoms with van der Waals surface area (Å²) in [5, 5.41) is 0. The van der Waals surface area contributed by atoms with Crippen molar-refractivity contribution < 1.29 is 28.7 Å². The maximum Gasteiger partial charge on any atom is 0.340 e. The van der Waals surface area contributed by atoms with Crippen molar-refractivity contribution in [2.24, 2.45) is 0 Å². The fourth-order valence-electron chi connectivity index (χ4n) is 2.59. The molecule has 0 unspecified atom stereocenters. The van der Waals surface area contributed by atoms with Gasteiger partial charge in [-0.2, -0.15) is 0 Å². The third-order valence-corrected chi connectivity index (χ3v) is 4.73. The van der Waals surface area contributed by atoms with Gasteiger partial charge in [0.15, 0.2) is 11.6 Å². The standard InChI is InChI=1S/C13H14N2O2.C9H12N2O2.C4H6O2/c1-4-17-13(16)10-6-5-7-11-12(10)15-9(3)8(2)14-11;1-2-13-9(12)6-4-3-5-7(10)8(6)11;1-3(5)4(2)6/h5-7H,4H2,1-3H3;3-5H,2,10-11H2,1H3;1-2H3. The lowest BCUT2D eigenvalue weighted by Gasteiger charge is -2.07. The zero-order chi connectivity index (χ0) is 27.4. The van der Waals surface area contributed by atoms with Gasteiger partial charge >= 0.3 is 11.9 Å². The summed E-state index contributed by atoms with van der Waals surface area (Å²) in [6.07, 6.45) is 0. The molecule has 192 valence electrons. The number of nitrogen functional groups attached to an aromatic ring is 2. The van der Waals surface area contributed by atoms with Crippen LogP contribution in [0, 0.1) is 13.8 Å². The van der Waals surface area contributed by atoms with Gasteiger partial charge in [0.05, 0.1) is 52.6 Å². The Labute approximate surface area is 210 Å². The average Bonchev–Trinajstić information content (AvgIpc) is 2.82. The summed E-state index contributed by atoms with van der Waals surface area (Å²) in [6, 6.07) is 10.2. The van der Waals surface area contributed by atoms with Gasteiger partial charge in [-0.05, 0) is 52.0 Å².